The summed E-state index contributed by atoms with van der Waals surface area (Å²) >= 11 is 3.54. The predicted octanol–water partition coefficient (Wildman–Crippen LogP) is 3.18. The highest BCUT2D eigenvalue weighted by atomic mass is 79.9. The van der Waals surface area contributed by atoms with Crippen LogP contribution in [0.25, 0.3) is 10.8 Å². The smallest absolute Gasteiger partial charge is 0.227 e. The average molecular weight is 336 g/mol. The Morgan fingerprint density at radius 2 is 2.05 bits per heavy atom. The zero-order valence-corrected chi connectivity index (χ0v) is 13.4. The summed E-state index contributed by atoms with van der Waals surface area (Å²) in [7, 11) is 1.65. The van der Waals surface area contributed by atoms with E-state index in [1.165, 1.54) is 0 Å². The van der Waals surface area contributed by atoms with E-state index in [2.05, 4.69) is 31.5 Å². The topological polar surface area (TPSA) is 54.0 Å². The van der Waals surface area contributed by atoms with Gasteiger partial charge < -0.3 is 10.6 Å². The second kappa shape index (κ2) is 5.79. The summed E-state index contributed by atoms with van der Waals surface area (Å²) in [6, 6.07) is 7.96. The van der Waals surface area contributed by atoms with E-state index in [1.807, 2.05) is 38.1 Å². The van der Waals surface area contributed by atoms with Crippen molar-refractivity contribution >= 4 is 38.4 Å². The molecule has 4 nitrogen and oxygen atoms in total. The first-order valence-corrected chi connectivity index (χ1v) is 7.24. The summed E-state index contributed by atoms with van der Waals surface area (Å²) in [5.74, 6) is 0.798. The molecule has 2 rings (SSSR count). The average Bonchev–Trinajstić information content (AvgIpc) is 2.44. The van der Waals surface area contributed by atoms with Gasteiger partial charge in [0.05, 0.1) is 5.41 Å². The van der Waals surface area contributed by atoms with E-state index in [1.54, 1.807) is 13.2 Å². The van der Waals surface area contributed by atoms with E-state index in [4.69, 9.17) is 0 Å². The number of nitrogens with zero attached hydrogens (tertiary/aromatic N) is 1. The number of pyridine rings is 1. The molecular weight excluding hydrogens is 318 g/mol. The molecule has 2 N–H and O–H groups in total. The van der Waals surface area contributed by atoms with Crippen LogP contribution in [0.1, 0.15) is 13.8 Å². The maximum Gasteiger partial charge on any atom is 0.227 e. The molecule has 2 aromatic rings. The molecule has 0 bridgehead atoms. The van der Waals surface area contributed by atoms with Gasteiger partial charge in [0.2, 0.25) is 5.91 Å². The summed E-state index contributed by atoms with van der Waals surface area (Å²) in [6.07, 6.45) is 1.77. The van der Waals surface area contributed by atoms with Crippen LogP contribution in [0.2, 0.25) is 0 Å². The Kier molecular flexibility index (Phi) is 4.28. The van der Waals surface area contributed by atoms with E-state index < -0.39 is 5.41 Å². The van der Waals surface area contributed by atoms with Crippen molar-refractivity contribution in [2.75, 3.05) is 18.9 Å². The molecule has 0 saturated heterocycles. The normalized spacial score (nSPS) is 11.4. The van der Waals surface area contributed by atoms with E-state index >= 15 is 0 Å². The maximum absolute atomic E-state index is 11.8. The molecule has 0 spiro atoms. The van der Waals surface area contributed by atoms with Crippen molar-refractivity contribution in [2.45, 2.75) is 13.8 Å². The molecule has 0 aliphatic heterocycles. The van der Waals surface area contributed by atoms with Gasteiger partial charge >= 0.3 is 0 Å². The number of fused-ring (bicyclic) bond motifs is 1. The number of aromatic nitrogens is 1. The minimum Gasteiger partial charge on any atom is -0.368 e. The lowest BCUT2D eigenvalue weighted by molar-refractivity contribution is -0.128. The zero-order chi connectivity index (χ0) is 14.8. The summed E-state index contributed by atoms with van der Waals surface area (Å²) in [5.41, 5.74) is -0.495. The van der Waals surface area contributed by atoms with Crippen LogP contribution in [0, 0.1) is 5.41 Å². The highest BCUT2D eigenvalue weighted by molar-refractivity contribution is 9.10. The summed E-state index contributed by atoms with van der Waals surface area (Å²) in [5, 5.41) is 8.09. The molecule has 1 aromatic carbocycles. The highest BCUT2D eigenvalue weighted by Gasteiger charge is 2.26. The van der Waals surface area contributed by atoms with Gasteiger partial charge in [-0.2, -0.15) is 0 Å². The van der Waals surface area contributed by atoms with Crippen molar-refractivity contribution in [3.05, 3.63) is 34.9 Å². The third-order valence-electron chi connectivity index (χ3n) is 3.29. The number of hydrogen-bond acceptors (Lipinski definition) is 3. The Balaban J connectivity index is 2.27. The molecule has 0 fully saturated rings. The van der Waals surface area contributed by atoms with Crippen molar-refractivity contribution in [3.63, 3.8) is 0 Å². The molecule has 20 heavy (non-hydrogen) atoms. The Labute approximate surface area is 127 Å². The van der Waals surface area contributed by atoms with E-state index in [0.717, 1.165) is 21.1 Å². The lowest BCUT2D eigenvalue weighted by atomic mass is 9.92. The zero-order valence-electron chi connectivity index (χ0n) is 11.8. The van der Waals surface area contributed by atoms with Crippen molar-refractivity contribution < 1.29 is 4.79 Å². The maximum atomic E-state index is 11.8. The van der Waals surface area contributed by atoms with Crippen molar-refractivity contribution in [1.29, 1.82) is 0 Å². The van der Waals surface area contributed by atoms with Gasteiger partial charge in [0.1, 0.15) is 5.82 Å². The number of rotatable bonds is 4. The number of carbonyl (C=O) groups excluding carboxylic acids is 1. The number of halogens is 1. The van der Waals surface area contributed by atoms with Crippen LogP contribution >= 0.6 is 15.9 Å². The SMILES string of the molecule is CNC(=O)C(C)(C)CNc1nccc2c(Br)cccc12. The molecular formula is C15H18BrN3O. The van der Waals surface area contributed by atoms with Crippen LogP contribution in [0.5, 0.6) is 0 Å². The first kappa shape index (κ1) is 14.8. The third-order valence-corrected chi connectivity index (χ3v) is 3.98. The van der Waals surface area contributed by atoms with Crippen molar-refractivity contribution in [2.24, 2.45) is 5.41 Å². The quantitative estimate of drug-likeness (QED) is 0.902. The fourth-order valence-corrected chi connectivity index (χ4v) is 2.53. The van der Waals surface area contributed by atoms with Crippen LogP contribution in [-0.2, 0) is 4.79 Å². The Morgan fingerprint density at radius 3 is 2.75 bits per heavy atom. The van der Waals surface area contributed by atoms with E-state index in [9.17, 15) is 4.79 Å². The molecule has 1 heterocycles. The van der Waals surface area contributed by atoms with E-state index in [0.29, 0.717) is 6.54 Å². The molecule has 0 aliphatic rings. The monoisotopic (exact) mass is 335 g/mol. The number of benzene rings is 1. The lowest BCUT2D eigenvalue weighted by Gasteiger charge is -2.23. The molecule has 0 atom stereocenters. The molecule has 1 amide bonds. The summed E-state index contributed by atoms with van der Waals surface area (Å²) in [6.45, 7) is 4.32. The molecule has 0 radical (unpaired) electrons. The van der Waals surface area contributed by atoms with Gasteiger partial charge in [-0.25, -0.2) is 4.98 Å². The number of anilines is 1. The van der Waals surface area contributed by atoms with E-state index in [-0.39, 0.29) is 5.91 Å². The Morgan fingerprint density at radius 1 is 1.30 bits per heavy atom. The second-order valence-corrected chi connectivity index (χ2v) is 6.17. The van der Waals surface area contributed by atoms with Crippen LogP contribution in [0.3, 0.4) is 0 Å². The predicted molar refractivity (Wildman–Crippen MR) is 85.8 cm³/mol. The third kappa shape index (κ3) is 2.93. The summed E-state index contributed by atoms with van der Waals surface area (Å²) < 4.78 is 1.03. The first-order chi connectivity index (χ1) is 9.45. The number of nitrogens with one attached hydrogen (secondary N) is 2. The van der Waals surface area contributed by atoms with Gasteiger partial charge in [0, 0.05) is 35.0 Å². The van der Waals surface area contributed by atoms with Crippen LogP contribution in [0.15, 0.2) is 34.9 Å². The van der Waals surface area contributed by atoms with Gasteiger partial charge in [-0.05, 0) is 26.0 Å². The molecule has 5 heteroatoms. The lowest BCUT2D eigenvalue weighted by Crippen LogP contribution is -2.39. The molecule has 0 saturated carbocycles. The second-order valence-electron chi connectivity index (χ2n) is 5.31. The molecule has 106 valence electrons. The Bertz CT molecular complexity index is 640. The van der Waals surface area contributed by atoms with Crippen molar-refractivity contribution in [1.82, 2.24) is 10.3 Å². The number of carbonyl (C=O) groups is 1. The minimum absolute atomic E-state index is 0.00594. The number of amides is 1. The highest BCUT2D eigenvalue weighted by Crippen LogP contribution is 2.28. The van der Waals surface area contributed by atoms with Crippen molar-refractivity contribution in [3.8, 4) is 0 Å². The summed E-state index contributed by atoms with van der Waals surface area (Å²) in [4.78, 5) is 16.2. The van der Waals surface area contributed by atoms with Gasteiger partial charge in [0.25, 0.3) is 0 Å². The van der Waals surface area contributed by atoms with Crippen LogP contribution in [0.4, 0.5) is 5.82 Å². The standard InChI is InChI=1S/C15H18BrN3O/c1-15(2,14(20)17-3)9-19-13-11-5-4-6-12(16)10(11)7-8-18-13/h4-8H,9H2,1-3H3,(H,17,20)(H,18,19). The van der Waals surface area contributed by atoms with Gasteiger partial charge in [-0.15, -0.1) is 0 Å². The fraction of sp³-hybridized carbons (Fsp3) is 0.333. The van der Waals surface area contributed by atoms with Gasteiger partial charge in [-0.3, -0.25) is 4.79 Å². The first-order valence-electron chi connectivity index (χ1n) is 6.45. The number of hydrogen-bond donors (Lipinski definition) is 2. The molecule has 0 unspecified atom stereocenters. The minimum atomic E-state index is -0.495. The molecule has 1 aromatic heterocycles. The molecule has 0 aliphatic carbocycles. The largest absolute Gasteiger partial charge is 0.368 e. The van der Waals surface area contributed by atoms with Gasteiger partial charge in [0.15, 0.2) is 0 Å². The van der Waals surface area contributed by atoms with Gasteiger partial charge in [-0.1, -0.05) is 28.1 Å². The van der Waals surface area contributed by atoms with Crippen LogP contribution in [-0.4, -0.2) is 24.5 Å². The van der Waals surface area contributed by atoms with Crippen LogP contribution < -0.4 is 10.6 Å². The fourth-order valence-electron chi connectivity index (χ4n) is 2.03. The Hall–Kier alpha value is -1.62.